The van der Waals surface area contributed by atoms with Crippen molar-refractivity contribution in [2.75, 3.05) is 0 Å². The van der Waals surface area contributed by atoms with E-state index in [2.05, 4.69) is 10.1 Å². The Balaban J connectivity index is 2.30. The fraction of sp³-hybridized carbons (Fsp3) is 0.400. The van der Waals surface area contributed by atoms with Crippen LogP contribution in [0, 0.1) is 6.92 Å². The number of aromatic nitrogens is 2. The maximum absolute atomic E-state index is 9.29. The number of nitrogens with zero attached hydrogens (tertiary/aromatic N) is 2. The lowest BCUT2D eigenvalue weighted by Crippen LogP contribution is -2.23. The summed E-state index contributed by atoms with van der Waals surface area (Å²) in [5.41, 5.74) is 6.58. The van der Waals surface area contributed by atoms with Gasteiger partial charge in [-0.15, -0.1) is 0 Å². The molecule has 2 rings (SSSR count). The van der Waals surface area contributed by atoms with Crippen molar-refractivity contribution < 1.29 is 14.0 Å². The van der Waals surface area contributed by atoms with Gasteiger partial charge >= 0.3 is 0 Å². The van der Waals surface area contributed by atoms with E-state index < -0.39 is 12.1 Å². The van der Waals surface area contributed by atoms with Gasteiger partial charge in [0.05, 0.1) is 12.4 Å². The molecular formula is C10H13N3O3. The molecule has 3 N–H and O–H groups in total. The summed E-state index contributed by atoms with van der Waals surface area (Å²) in [5.74, 6) is 1.09. The van der Waals surface area contributed by atoms with Crippen LogP contribution in [-0.2, 0) is 0 Å². The SMILES string of the molecule is Cc1ccoc1-c1noc([C@@H](N)[C@@H](C)O)n1. The Hall–Kier alpha value is -1.66. The molecule has 0 unspecified atom stereocenters. The van der Waals surface area contributed by atoms with E-state index in [1.807, 2.05) is 6.92 Å². The molecule has 0 amide bonds. The Morgan fingerprint density at radius 1 is 1.50 bits per heavy atom. The third kappa shape index (κ3) is 1.84. The van der Waals surface area contributed by atoms with Crippen molar-refractivity contribution in [3.8, 4) is 11.6 Å². The van der Waals surface area contributed by atoms with Gasteiger partial charge < -0.3 is 19.8 Å². The van der Waals surface area contributed by atoms with Crippen molar-refractivity contribution in [1.29, 1.82) is 0 Å². The van der Waals surface area contributed by atoms with E-state index >= 15 is 0 Å². The molecule has 0 bridgehead atoms. The van der Waals surface area contributed by atoms with Gasteiger partial charge in [-0.3, -0.25) is 0 Å². The van der Waals surface area contributed by atoms with Gasteiger partial charge in [0.15, 0.2) is 5.76 Å². The molecule has 16 heavy (non-hydrogen) atoms. The normalized spacial score (nSPS) is 15.0. The largest absolute Gasteiger partial charge is 0.461 e. The molecule has 0 aliphatic carbocycles. The molecule has 0 aliphatic heterocycles. The maximum Gasteiger partial charge on any atom is 0.246 e. The predicted molar refractivity (Wildman–Crippen MR) is 55.3 cm³/mol. The van der Waals surface area contributed by atoms with Gasteiger partial charge in [-0.25, -0.2) is 0 Å². The summed E-state index contributed by atoms with van der Waals surface area (Å²) in [6, 6.07) is 1.12. The molecule has 0 radical (unpaired) electrons. The van der Waals surface area contributed by atoms with Gasteiger partial charge in [0.25, 0.3) is 0 Å². The zero-order valence-electron chi connectivity index (χ0n) is 9.04. The molecule has 0 saturated heterocycles. The molecule has 6 nitrogen and oxygen atoms in total. The van der Waals surface area contributed by atoms with E-state index in [4.69, 9.17) is 14.7 Å². The lowest BCUT2D eigenvalue weighted by molar-refractivity contribution is 0.146. The van der Waals surface area contributed by atoms with Gasteiger partial charge in [-0.05, 0) is 25.5 Å². The lowest BCUT2D eigenvalue weighted by atomic mass is 10.2. The van der Waals surface area contributed by atoms with E-state index in [9.17, 15) is 5.11 Å². The minimum Gasteiger partial charge on any atom is -0.461 e. The second-order valence-electron chi connectivity index (χ2n) is 3.66. The monoisotopic (exact) mass is 223 g/mol. The summed E-state index contributed by atoms with van der Waals surface area (Å²) >= 11 is 0. The van der Waals surface area contributed by atoms with E-state index in [0.29, 0.717) is 11.6 Å². The topological polar surface area (TPSA) is 98.3 Å². The minimum absolute atomic E-state index is 0.195. The van der Waals surface area contributed by atoms with Gasteiger partial charge in [0.1, 0.15) is 6.04 Å². The highest BCUT2D eigenvalue weighted by Gasteiger charge is 2.21. The van der Waals surface area contributed by atoms with Crippen molar-refractivity contribution in [3.63, 3.8) is 0 Å². The van der Waals surface area contributed by atoms with Gasteiger partial charge in [0.2, 0.25) is 11.7 Å². The summed E-state index contributed by atoms with van der Waals surface area (Å²) in [7, 11) is 0. The zero-order chi connectivity index (χ0) is 11.7. The molecule has 6 heteroatoms. The molecule has 0 fully saturated rings. The first-order valence-corrected chi connectivity index (χ1v) is 4.91. The summed E-state index contributed by atoms with van der Waals surface area (Å²) < 4.78 is 10.2. The van der Waals surface area contributed by atoms with E-state index in [1.54, 1.807) is 19.3 Å². The number of aliphatic hydroxyl groups is 1. The third-order valence-corrected chi connectivity index (χ3v) is 2.31. The number of furan rings is 1. The Bertz CT molecular complexity index is 475. The quantitative estimate of drug-likeness (QED) is 0.806. The standard InChI is InChI=1S/C10H13N3O3/c1-5-3-4-15-8(5)9-12-10(16-13-9)7(11)6(2)14/h3-4,6-7,14H,11H2,1-2H3/t6-,7+/m1/s1. The lowest BCUT2D eigenvalue weighted by Gasteiger charge is -2.08. The second-order valence-corrected chi connectivity index (χ2v) is 3.66. The molecule has 0 aromatic carbocycles. The Morgan fingerprint density at radius 3 is 2.81 bits per heavy atom. The average Bonchev–Trinajstić information content (AvgIpc) is 2.84. The number of aliphatic hydroxyl groups excluding tert-OH is 1. The molecule has 0 aliphatic rings. The average molecular weight is 223 g/mol. The number of rotatable bonds is 3. The van der Waals surface area contributed by atoms with Crippen molar-refractivity contribution in [3.05, 3.63) is 23.8 Å². The number of nitrogens with two attached hydrogens (primary N) is 1. The molecule has 2 aromatic heterocycles. The molecular weight excluding hydrogens is 210 g/mol. The number of hydrogen-bond acceptors (Lipinski definition) is 6. The fourth-order valence-corrected chi connectivity index (χ4v) is 1.27. The third-order valence-electron chi connectivity index (χ3n) is 2.31. The molecule has 2 heterocycles. The first kappa shape index (κ1) is 10.8. The first-order chi connectivity index (χ1) is 7.59. The summed E-state index contributed by atoms with van der Waals surface area (Å²) in [6.07, 6.45) is 0.806. The van der Waals surface area contributed by atoms with Gasteiger partial charge in [-0.1, -0.05) is 5.16 Å². The maximum atomic E-state index is 9.29. The summed E-state index contributed by atoms with van der Waals surface area (Å²) in [5, 5.41) is 13.0. The van der Waals surface area contributed by atoms with Crippen LogP contribution < -0.4 is 5.73 Å². The van der Waals surface area contributed by atoms with Crippen molar-refractivity contribution in [1.82, 2.24) is 10.1 Å². The molecule has 0 saturated carbocycles. The van der Waals surface area contributed by atoms with E-state index in [1.165, 1.54) is 0 Å². The molecule has 2 aromatic rings. The molecule has 2 atom stereocenters. The van der Waals surface area contributed by atoms with Crippen LogP contribution in [0.3, 0.4) is 0 Å². The molecule has 86 valence electrons. The zero-order valence-corrected chi connectivity index (χ0v) is 9.04. The van der Waals surface area contributed by atoms with Gasteiger partial charge in [-0.2, -0.15) is 4.98 Å². The van der Waals surface area contributed by atoms with Crippen LogP contribution in [0.25, 0.3) is 11.6 Å². The van der Waals surface area contributed by atoms with E-state index in [-0.39, 0.29) is 5.89 Å². The van der Waals surface area contributed by atoms with Crippen molar-refractivity contribution in [2.45, 2.75) is 26.0 Å². The Morgan fingerprint density at radius 2 is 2.25 bits per heavy atom. The number of hydrogen-bond donors (Lipinski definition) is 2. The summed E-state index contributed by atoms with van der Waals surface area (Å²) in [6.45, 7) is 3.44. The van der Waals surface area contributed by atoms with E-state index in [0.717, 1.165) is 5.56 Å². The van der Waals surface area contributed by atoms with Crippen LogP contribution in [0.1, 0.15) is 24.4 Å². The summed E-state index contributed by atoms with van der Waals surface area (Å²) in [4.78, 5) is 4.08. The van der Waals surface area contributed by atoms with Crippen LogP contribution in [0.2, 0.25) is 0 Å². The highest BCUT2D eigenvalue weighted by Crippen LogP contribution is 2.22. The minimum atomic E-state index is -0.744. The van der Waals surface area contributed by atoms with Crippen LogP contribution in [-0.4, -0.2) is 21.4 Å². The van der Waals surface area contributed by atoms with Crippen molar-refractivity contribution >= 4 is 0 Å². The second kappa shape index (κ2) is 4.07. The van der Waals surface area contributed by atoms with Gasteiger partial charge in [0, 0.05) is 0 Å². The Labute approximate surface area is 92.1 Å². The smallest absolute Gasteiger partial charge is 0.246 e. The first-order valence-electron chi connectivity index (χ1n) is 4.91. The molecule has 0 spiro atoms. The Kier molecular flexibility index (Phi) is 2.76. The number of aryl methyl sites for hydroxylation is 1. The van der Waals surface area contributed by atoms with Crippen molar-refractivity contribution in [2.24, 2.45) is 5.73 Å². The van der Waals surface area contributed by atoms with Crippen LogP contribution in [0.4, 0.5) is 0 Å². The highest BCUT2D eigenvalue weighted by atomic mass is 16.5. The van der Waals surface area contributed by atoms with Crippen LogP contribution in [0.5, 0.6) is 0 Å². The van der Waals surface area contributed by atoms with Crippen LogP contribution >= 0.6 is 0 Å². The fourth-order valence-electron chi connectivity index (χ4n) is 1.27. The van der Waals surface area contributed by atoms with Crippen LogP contribution in [0.15, 0.2) is 21.3 Å². The highest BCUT2D eigenvalue weighted by molar-refractivity contribution is 5.51. The predicted octanol–water partition coefficient (Wildman–Crippen LogP) is 1.02.